The lowest BCUT2D eigenvalue weighted by Gasteiger charge is -2.27. The van der Waals surface area contributed by atoms with Crippen molar-refractivity contribution in [3.05, 3.63) is 12.2 Å². The quantitative estimate of drug-likeness (QED) is 0.238. The lowest BCUT2D eigenvalue weighted by atomic mass is 10.2. The van der Waals surface area contributed by atoms with Gasteiger partial charge in [-0.25, -0.2) is 4.79 Å². The molecular weight excluding hydrogens is 272 g/mol. The summed E-state index contributed by atoms with van der Waals surface area (Å²) in [5, 5.41) is 0. The third-order valence-electron chi connectivity index (χ3n) is 3.44. The lowest BCUT2D eigenvalue weighted by Crippen LogP contribution is -2.40. The Bertz CT molecular complexity index is 288. The SMILES string of the molecule is C=C(C)C(=O)OCCC[Si](CCCCCC)(OC)OC. The molecule has 0 bridgehead atoms. The van der Waals surface area contributed by atoms with Crippen LogP contribution in [0.3, 0.4) is 0 Å². The van der Waals surface area contributed by atoms with E-state index >= 15 is 0 Å². The van der Waals surface area contributed by atoms with Gasteiger partial charge in [-0.05, 0) is 25.4 Å². The van der Waals surface area contributed by atoms with Crippen LogP contribution in [0.4, 0.5) is 0 Å². The summed E-state index contributed by atoms with van der Waals surface area (Å²) in [6.45, 7) is 7.82. The van der Waals surface area contributed by atoms with Crippen LogP contribution in [0.1, 0.15) is 46.0 Å². The van der Waals surface area contributed by atoms with Gasteiger partial charge in [0, 0.05) is 19.8 Å². The Labute approximate surface area is 124 Å². The number of hydrogen-bond acceptors (Lipinski definition) is 4. The average molecular weight is 302 g/mol. The first kappa shape index (κ1) is 19.3. The Morgan fingerprint density at radius 3 is 2.15 bits per heavy atom. The maximum atomic E-state index is 11.3. The van der Waals surface area contributed by atoms with Gasteiger partial charge in [0.25, 0.3) is 0 Å². The third kappa shape index (κ3) is 7.82. The van der Waals surface area contributed by atoms with E-state index in [2.05, 4.69) is 13.5 Å². The minimum absolute atomic E-state index is 0.324. The number of carbonyl (C=O) groups is 1. The van der Waals surface area contributed by atoms with E-state index in [1.807, 2.05) is 0 Å². The van der Waals surface area contributed by atoms with Crippen molar-refractivity contribution in [2.24, 2.45) is 0 Å². The maximum Gasteiger partial charge on any atom is 0.337 e. The molecule has 0 saturated carbocycles. The molecule has 0 aromatic rings. The molecule has 0 heterocycles. The first-order valence-corrected chi connectivity index (χ1v) is 9.67. The van der Waals surface area contributed by atoms with Crippen molar-refractivity contribution >= 4 is 14.5 Å². The second-order valence-electron chi connectivity index (χ2n) is 5.15. The highest BCUT2D eigenvalue weighted by molar-refractivity contribution is 6.67. The minimum Gasteiger partial charge on any atom is -0.462 e. The minimum atomic E-state index is -2.11. The van der Waals surface area contributed by atoms with Crippen LogP contribution in [0.2, 0.25) is 12.1 Å². The Morgan fingerprint density at radius 1 is 1.05 bits per heavy atom. The van der Waals surface area contributed by atoms with Crippen molar-refractivity contribution in [3.63, 3.8) is 0 Å². The monoisotopic (exact) mass is 302 g/mol. The molecule has 0 rings (SSSR count). The summed E-state index contributed by atoms with van der Waals surface area (Å²) in [6.07, 6.45) is 5.64. The first-order valence-electron chi connectivity index (χ1n) is 7.44. The molecule has 0 aliphatic heterocycles. The molecule has 0 radical (unpaired) electrons. The van der Waals surface area contributed by atoms with Gasteiger partial charge in [-0.1, -0.05) is 39.2 Å². The molecule has 0 aromatic heterocycles. The Hall–Kier alpha value is -0.653. The van der Waals surface area contributed by atoms with Crippen molar-refractivity contribution in [1.82, 2.24) is 0 Å². The summed E-state index contributed by atoms with van der Waals surface area (Å²) in [5.74, 6) is -0.324. The maximum absolute atomic E-state index is 11.3. The number of unbranched alkanes of at least 4 members (excludes halogenated alkanes) is 3. The molecule has 20 heavy (non-hydrogen) atoms. The molecule has 118 valence electrons. The van der Waals surface area contributed by atoms with Gasteiger partial charge in [0.05, 0.1) is 6.61 Å². The Morgan fingerprint density at radius 2 is 1.65 bits per heavy atom. The number of ether oxygens (including phenoxy) is 1. The fourth-order valence-corrected chi connectivity index (χ4v) is 4.77. The second-order valence-corrected chi connectivity index (χ2v) is 8.79. The van der Waals surface area contributed by atoms with Crippen molar-refractivity contribution in [2.45, 2.75) is 58.0 Å². The zero-order valence-electron chi connectivity index (χ0n) is 13.5. The van der Waals surface area contributed by atoms with Gasteiger partial charge in [0.1, 0.15) is 0 Å². The second kappa shape index (κ2) is 11.1. The molecule has 0 N–H and O–H groups in total. The molecule has 0 aliphatic carbocycles. The third-order valence-corrected chi connectivity index (χ3v) is 7.16. The van der Waals surface area contributed by atoms with Crippen molar-refractivity contribution < 1.29 is 18.4 Å². The van der Waals surface area contributed by atoms with Gasteiger partial charge in [-0.3, -0.25) is 0 Å². The fourth-order valence-electron chi connectivity index (χ4n) is 2.07. The standard InChI is InChI=1S/C15H30O4Si/c1-6-7-8-9-12-20(17-4,18-5)13-10-11-19-15(16)14(2)3/h2,6-13H2,1,3-5H3. The van der Waals surface area contributed by atoms with Crippen molar-refractivity contribution in [1.29, 1.82) is 0 Å². The highest BCUT2D eigenvalue weighted by Crippen LogP contribution is 2.23. The molecule has 4 nitrogen and oxygen atoms in total. The molecule has 0 aliphatic rings. The van der Waals surface area contributed by atoms with Crippen LogP contribution in [0, 0.1) is 0 Å². The molecule has 0 saturated heterocycles. The molecule has 0 fully saturated rings. The largest absolute Gasteiger partial charge is 0.462 e. The zero-order chi connectivity index (χ0) is 15.4. The van der Waals surface area contributed by atoms with E-state index in [0.717, 1.165) is 24.9 Å². The van der Waals surface area contributed by atoms with Gasteiger partial charge in [-0.2, -0.15) is 0 Å². The van der Waals surface area contributed by atoms with Gasteiger partial charge in [0.2, 0.25) is 0 Å². The van der Waals surface area contributed by atoms with Gasteiger partial charge < -0.3 is 13.6 Å². The highest BCUT2D eigenvalue weighted by Gasteiger charge is 2.34. The first-order chi connectivity index (χ1) is 9.51. The van der Waals surface area contributed by atoms with Gasteiger partial charge >= 0.3 is 14.5 Å². The van der Waals surface area contributed by atoms with E-state index < -0.39 is 8.56 Å². The van der Waals surface area contributed by atoms with E-state index in [1.165, 1.54) is 19.3 Å². The highest BCUT2D eigenvalue weighted by atomic mass is 28.4. The number of hydrogen-bond donors (Lipinski definition) is 0. The summed E-state index contributed by atoms with van der Waals surface area (Å²) < 4.78 is 16.5. The number of carbonyl (C=O) groups excluding carboxylic acids is 1. The Balaban J connectivity index is 4.05. The predicted molar refractivity (Wildman–Crippen MR) is 83.9 cm³/mol. The van der Waals surface area contributed by atoms with Crippen LogP contribution < -0.4 is 0 Å². The molecule has 0 spiro atoms. The molecule has 0 unspecified atom stereocenters. The fraction of sp³-hybridized carbons (Fsp3) is 0.800. The van der Waals surface area contributed by atoms with Crippen LogP contribution in [0.5, 0.6) is 0 Å². The molecule has 0 atom stereocenters. The Kier molecular flexibility index (Phi) is 10.7. The summed E-state index contributed by atoms with van der Waals surface area (Å²) in [7, 11) is 1.36. The molecule has 5 heteroatoms. The smallest absolute Gasteiger partial charge is 0.337 e. The van der Waals surface area contributed by atoms with E-state index in [9.17, 15) is 4.79 Å². The van der Waals surface area contributed by atoms with Gasteiger partial charge in [0.15, 0.2) is 0 Å². The number of rotatable bonds is 12. The average Bonchev–Trinajstić information content (AvgIpc) is 2.45. The zero-order valence-corrected chi connectivity index (χ0v) is 14.5. The van der Waals surface area contributed by atoms with E-state index in [1.54, 1.807) is 21.1 Å². The van der Waals surface area contributed by atoms with Crippen LogP contribution in [0.15, 0.2) is 12.2 Å². The van der Waals surface area contributed by atoms with E-state index in [4.69, 9.17) is 13.6 Å². The van der Waals surface area contributed by atoms with E-state index in [-0.39, 0.29) is 5.97 Å². The summed E-state index contributed by atoms with van der Waals surface area (Å²) in [4.78, 5) is 11.3. The van der Waals surface area contributed by atoms with Crippen LogP contribution in [-0.4, -0.2) is 35.4 Å². The van der Waals surface area contributed by atoms with Crippen LogP contribution in [-0.2, 0) is 18.4 Å². The van der Waals surface area contributed by atoms with E-state index in [0.29, 0.717) is 12.2 Å². The summed E-state index contributed by atoms with van der Waals surface area (Å²) in [6, 6.07) is 1.87. The summed E-state index contributed by atoms with van der Waals surface area (Å²) >= 11 is 0. The molecule has 0 amide bonds. The predicted octanol–water partition coefficient (Wildman–Crippen LogP) is 3.81. The summed E-state index contributed by atoms with van der Waals surface area (Å²) in [5.41, 5.74) is 0.437. The van der Waals surface area contributed by atoms with Crippen LogP contribution in [0.25, 0.3) is 0 Å². The van der Waals surface area contributed by atoms with Crippen LogP contribution >= 0.6 is 0 Å². The van der Waals surface area contributed by atoms with Crippen molar-refractivity contribution in [3.8, 4) is 0 Å². The van der Waals surface area contributed by atoms with Gasteiger partial charge in [-0.15, -0.1) is 0 Å². The molecular formula is C15H30O4Si. The normalized spacial score (nSPS) is 11.4. The number of esters is 1. The van der Waals surface area contributed by atoms with Crippen molar-refractivity contribution in [2.75, 3.05) is 20.8 Å². The lowest BCUT2D eigenvalue weighted by molar-refractivity contribution is -0.138. The topological polar surface area (TPSA) is 44.8 Å². The molecule has 0 aromatic carbocycles.